The van der Waals surface area contributed by atoms with Crippen molar-refractivity contribution in [2.75, 3.05) is 20.2 Å². The van der Waals surface area contributed by atoms with Gasteiger partial charge < -0.3 is 15.4 Å². The summed E-state index contributed by atoms with van der Waals surface area (Å²) in [5, 5.41) is 17.0. The van der Waals surface area contributed by atoms with Crippen LogP contribution in [0.15, 0.2) is 29.3 Å². The number of guanidine groups is 1. The van der Waals surface area contributed by atoms with E-state index in [0.717, 1.165) is 31.6 Å². The van der Waals surface area contributed by atoms with Crippen LogP contribution >= 0.6 is 24.0 Å². The van der Waals surface area contributed by atoms with E-state index in [4.69, 9.17) is 4.74 Å². The van der Waals surface area contributed by atoms with Gasteiger partial charge in [-0.05, 0) is 18.4 Å². The number of hydrogen-bond donors (Lipinski definition) is 2. The van der Waals surface area contributed by atoms with Crippen molar-refractivity contribution in [1.29, 1.82) is 0 Å². The summed E-state index contributed by atoms with van der Waals surface area (Å²) in [6.45, 7) is 2.13. The molecule has 1 unspecified atom stereocenters. The normalized spacial score (nSPS) is 17.7. The van der Waals surface area contributed by atoms with Gasteiger partial charge in [-0.1, -0.05) is 12.1 Å². The maximum absolute atomic E-state index is 10.6. The monoisotopic (exact) mass is 420 g/mol. The number of halogens is 1. The van der Waals surface area contributed by atoms with Gasteiger partial charge in [0.15, 0.2) is 5.96 Å². The Labute approximate surface area is 146 Å². The molecule has 1 aliphatic heterocycles. The first-order valence-electron chi connectivity index (χ1n) is 6.98. The molecule has 1 heterocycles. The zero-order chi connectivity index (χ0) is 15.1. The summed E-state index contributed by atoms with van der Waals surface area (Å²) in [7, 11) is 1.71. The number of hydrogen-bond acceptors (Lipinski definition) is 4. The quantitative estimate of drug-likeness (QED) is 0.250. The van der Waals surface area contributed by atoms with Crippen molar-refractivity contribution in [2.24, 2.45) is 4.99 Å². The highest BCUT2D eigenvalue weighted by Gasteiger charge is 2.15. The van der Waals surface area contributed by atoms with Crippen LogP contribution in [0.5, 0.6) is 0 Å². The van der Waals surface area contributed by atoms with Crippen LogP contribution in [0.25, 0.3) is 0 Å². The van der Waals surface area contributed by atoms with E-state index >= 15 is 0 Å². The largest absolute Gasteiger partial charge is 0.376 e. The molecular formula is C14H21IN4O3. The van der Waals surface area contributed by atoms with E-state index in [0.29, 0.717) is 12.5 Å². The van der Waals surface area contributed by atoms with Gasteiger partial charge in [0.25, 0.3) is 5.69 Å². The summed E-state index contributed by atoms with van der Waals surface area (Å²) in [5.41, 5.74) is 1.06. The molecule has 2 rings (SSSR count). The SMILES string of the molecule is CN=C(NCc1ccc([N+](=O)[O-])cc1)NCC1CCCO1.I. The number of benzene rings is 1. The Morgan fingerprint density at radius 1 is 1.41 bits per heavy atom. The van der Waals surface area contributed by atoms with Crippen molar-refractivity contribution in [3.8, 4) is 0 Å². The summed E-state index contributed by atoms with van der Waals surface area (Å²) < 4.78 is 5.54. The average molecular weight is 420 g/mol. The van der Waals surface area contributed by atoms with E-state index in [2.05, 4.69) is 15.6 Å². The molecule has 1 aromatic carbocycles. The third-order valence-electron chi connectivity index (χ3n) is 3.35. The third-order valence-corrected chi connectivity index (χ3v) is 3.35. The molecule has 0 radical (unpaired) electrons. The predicted molar refractivity (Wildman–Crippen MR) is 95.7 cm³/mol. The summed E-state index contributed by atoms with van der Waals surface area (Å²) in [6.07, 6.45) is 2.44. The number of nitrogens with one attached hydrogen (secondary N) is 2. The fourth-order valence-corrected chi connectivity index (χ4v) is 2.16. The lowest BCUT2D eigenvalue weighted by molar-refractivity contribution is -0.384. The summed E-state index contributed by atoms with van der Waals surface area (Å²) in [6, 6.07) is 6.47. The maximum Gasteiger partial charge on any atom is 0.269 e. The maximum atomic E-state index is 10.6. The molecule has 1 atom stereocenters. The van der Waals surface area contributed by atoms with Gasteiger partial charge in [-0.2, -0.15) is 0 Å². The third kappa shape index (κ3) is 5.76. The van der Waals surface area contributed by atoms with E-state index in [1.165, 1.54) is 12.1 Å². The van der Waals surface area contributed by atoms with Crippen LogP contribution in [0.3, 0.4) is 0 Å². The lowest BCUT2D eigenvalue weighted by Crippen LogP contribution is -2.40. The number of ether oxygens (including phenoxy) is 1. The Balaban J connectivity index is 0.00000242. The fraction of sp³-hybridized carbons (Fsp3) is 0.500. The molecular weight excluding hydrogens is 399 g/mol. The molecule has 8 heteroatoms. The van der Waals surface area contributed by atoms with Crippen LogP contribution in [-0.2, 0) is 11.3 Å². The molecule has 1 aliphatic rings. The Kier molecular flexibility index (Phi) is 8.10. The van der Waals surface area contributed by atoms with E-state index in [-0.39, 0.29) is 35.8 Å². The van der Waals surface area contributed by atoms with Gasteiger partial charge in [-0.25, -0.2) is 0 Å². The molecule has 0 amide bonds. The number of non-ortho nitro benzene ring substituents is 1. The molecule has 0 saturated carbocycles. The van der Waals surface area contributed by atoms with Crippen molar-refractivity contribution in [3.05, 3.63) is 39.9 Å². The van der Waals surface area contributed by atoms with Crippen molar-refractivity contribution < 1.29 is 9.66 Å². The number of rotatable bonds is 5. The minimum absolute atomic E-state index is 0. The summed E-state index contributed by atoms with van der Waals surface area (Å²) in [4.78, 5) is 14.3. The standard InChI is InChI=1S/C14H20N4O3.HI/c1-15-14(17-10-13-3-2-8-21-13)16-9-11-4-6-12(7-5-11)18(19)20;/h4-7,13H,2-3,8-10H2,1H3,(H2,15,16,17);1H. The second-order valence-corrected chi connectivity index (χ2v) is 4.87. The number of nitrogens with zero attached hydrogens (tertiary/aromatic N) is 2. The van der Waals surface area contributed by atoms with Crippen molar-refractivity contribution in [1.82, 2.24) is 10.6 Å². The summed E-state index contributed by atoms with van der Waals surface area (Å²) >= 11 is 0. The minimum Gasteiger partial charge on any atom is -0.376 e. The topological polar surface area (TPSA) is 88.8 Å². The number of nitro benzene ring substituents is 1. The molecule has 0 bridgehead atoms. The van der Waals surface area contributed by atoms with Crippen LogP contribution in [0.1, 0.15) is 18.4 Å². The van der Waals surface area contributed by atoms with Gasteiger partial charge in [-0.15, -0.1) is 24.0 Å². The number of aliphatic imine (C=N–C) groups is 1. The van der Waals surface area contributed by atoms with Crippen LogP contribution < -0.4 is 10.6 Å². The molecule has 7 nitrogen and oxygen atoms in total. The zero-order valence-corrected chi connectivity index (χ0v) is 14.8. The number of nitro groups is 1. The molecule has 0 aromatic heterocycles. The molecule has 1 aromatic rings. The molecule has 1 saturated heterocycles. The minimum atomic E-state index is -0.403. The Hall–Kier alpha value is -1.42. The molecule has 0 spiro atoms. The van der Waals surface area contributed by atoms with Gasteiger partial charge in [0.05, 0.1) is 11.0 Å². The van der Waals surface area contributed by atoms with Gasteiger partial charge in [0, 0.05) is 38.9 Å². The average Bonchev–Trinajstić information content (AvgIpc) is 3.01. The fourth-order valence-electron chi connectivity index (χ4n) is 2.16. The lowest BCUT2D eigenvalue weighted by atomic mass is 10.2. The smallest absolute Gasteiger partial charge is 0.269 e. The first kappa shape index (κ1) is 18.6. The van der Waals surface area contributed by atoms with Crippen LogP contribution in [0.2, 0.25) is 0 Å². The molecule has 0 aliphatic carbocycles. The molecule has 122 valence electrons. The van der Waals surface area contributed by atoms with Crippen LogP contribution in [-0.4, -0.2) is 37.2 Å². The van der Waals surface area contributed by atoms with E-state index < -0.39 is 4.92 Å². The second-order valence-electron chi connectivity index (χ2n) is 4.87. The molecule has 22 heavy (non-hydrogen) atoms. The lowest BCUT2D eigenvalue weighted by Gasteiger charge is -2.15. The predicted octanol–water partition coefficient (Wildman–Crippen LogP) is 2.06. The van der Waals surface area contributed by atoms with Crippen LogP contribution in [0, 0.1) is 10.1 Å². The first-order chi connectivity index (χ1) is 10.2. The summed E-state index contributed by atoms with van der Waals surface area (Å²) in [5.74, 6) is 0.698. The first-order valence-corrected chi connectivity index (χ1v) is 6.98. The van der Waals surface area contributed by atoms with Crippen molar-refractivity contribution in [2.45, 2.75) is 25.5 Å². The van der Waals surface area contributed by atoms with Gasteiger partial charge in [-0.3, -0.25) is 15.1 Å². The van der Waals surface area contributed by atoms with Crippen LogP contribution in [0.4, 0.5) is 5.69 Å². The van der Waals surface area contributed by atoms with Gasteiger partial charge in [0.2, 0.25) is 0 Å². The van der Waals surface area contributed by atoms with Gasteiger partial charge in [0.1, 0.15) is 0 Å². The van der Waals surface area contributed by atoms with E-state index in [1.54, 1.807) is 19.2 Å². The van der Waals surface area contributed by atoms with E-state index in [1.807, 2.05) is 0 Å². The Morgan fingerprint density at radius 2 is 2.14 bits per heavy atom. The highest BCUT2D eigenvalue weighted by atomic mass is 127. The van der Waals surface area contributed by atoms with Crippen molar-refractivity contribution >= 4 is 35.6 Å². The molecule has 1 fully saturated rings. The highest BCUT2D eigenvalue weighted by Crippen LogP contribution is 2.12. The van der Waals surface area contributed by atoms with Crippen molar-refractivity contribution in [3.63, 3.8) is 0 Å². The highest BCUT2D eigenvalue weighted by molar-refractivity contribution is 14.0. The Bertz CT molecular complexity index is 501. The Morgan fingerprint density at radius 3 is 2.68 bits per heavy atom. The zero-order valence-electron chi connectivity index (χ0n) is 12.4. The second kappa shape index (κ2) is 9.57. The van der Waals surface area contributed by atoms with Gasteiger partial charge >= 0.3 is 0 Å². The molecule has 2 N–H and O–H groups in total. The van der Waals surface area contributed by atoms with E-state index in [9.17, 15) is 10.1 Å².